The van der Waals surface area contributed by atoms with Crippen molar-refractivity contribution >= 4 is 5.69 Å². The Labute approximate surface area is 64.1 Å². The van der Waals surface area contributed by atoms with Crippen LogP contribution in [0.15, 0.2) is 18.2 Å². The number of halogens is 2. The molecule has 0 amide bonds. The third-order valence-electron chi connectivity index (χ3n) is 1.76. The molecule has 1 nitrogen and oxygen atoms in total. The van der Waals surface area contributed by atoms with Gasteiger partial charge >= 0.3 is 0 Å². The molecule has 0 atom stereocenters. The molecule has 3 heteroatoms. The zero-order chi connectivity index (χ0) is 8.43. The first-order valence-corrected chi connectivity index (χ1v) is 3.31. The lowest BCUT2D eigenvalue weighted by Crippen LogP contribution is -1.99. The largest absolute Gasteiger partial charge is 0.108 e. The number of hydrogen-bond acceptors (Lipinski definition) is 1. The first-order valence-electron chi connectivity index (χ1n) is 3.31. The molecule has 0 saturated carbocycles. The molecule has 0 aliphatic carbocycles. The van der Waals surface area contributed by atoms with Gasteiger partial charge in [-0.2, -0.15) is 0 Å². The van der Waals surface area contributed by atoms with Crippen molar-refractivity contribution in [3.05, 3.63) is 29.3 Å². The number of benzene rings is 1. The van der Waals surface area contributed by atoms with Crippen molar-refractivity contribution in [2.24, 2.45) is 0 Å². The highest BCUT2D eigenvalue weighted by atomic mass is 19.4. The van der Waals surface area contributed by atoms with Gasteiger partial charge in [-0.1, -0.05) is 21.1 Å². The number of anilines is 1. The number of nitrogens with zero attached hydrogens (tertiary/aromatic N) is 1. The van der Waals surface area contributed by atoms with E-state index in [-0.39, 0.29) is 5.69 Å². The molecule has 0 aliphatic rings. The van der Waals surface area contributed by atoms with Gasteiger partial charge < -0.3 is 0 Å². The summed E-state index contributed by atoms with van der Waals surface area (Å²) in [4.78, 5) is 0. The molecule has 0 aromatic heterocycles. The van der Waals surface area contributed by atoms with Crippen LogP contribution in [0.4, 0.5) is 14.6 Å². The van der Waals surface area contributed by atoms with E-state index >= 15 is 0 Å². The summed E-state index contributed by atoms with van der Waals surface area (Å²) in [5.74, 6) is 0. The van der Waals surface area contributed by atoms with Gasteiger partial charge in [0.2, 0.25) is 0 Å². The van der Waals surface area contributed by atoms with Crippen molar-refractivity contribution in [2.75, 3.05) is 5.34 Å². The summed E-state index contributed by atoms with van der Waals surface area (Å²) in [5, 5.41) is -0.859. The Bertz CT molecular complexity index is 258. The standard InChI is InChI=1S/C8H9F2N/c1-6-4-3-5-8(7(6)2)11(9)10/h3-5H,1-2H3. The van der Waals surface area contributed by atoms with Crippen molar-refractivity contribution in [3.8, 4) is 0 Å². The second kappa shape index (κ2) is 2.86. The molecule has 0 heterocycles. The van der Waals surface area contributed by atoms with E-state index in [0.717, 1.165) is 5.56 Å². The van der Waals surface area contributed by atoms with Crippen molar-refractivity contribution in [1.29, 1.82) is 0 Å². The van der Waals surface area contributed by atoms with Crippen LogP contribution in [0.5, 0.6) is 0 Å². The fraction of sp³-hybridized carbons (Fsp3) is 0.250. The topological polar surface area (TPSA) is 3.24 Å². The van der Waals surface area contributed by atoms with Crippen LogP contribution in [0.1, 0.15) is 11.1 Å². The lowest BCUT2D eigenvalue weighted by Gasteiger charge is -2.07. The molecule has 0 fully saturated rings. The molecule has 1 aromatic rings. The Morgan fingerprint density at radius 2 is 1.82 bits per heavy atom. The molecule has 60 valence electrons. The van der Waals surface area contributed by atoms with Crippen LogP contribution in [0.3, 0.4) is 0 Å². The van der Waals surface area contributed by atoms with Crippen molar-refractivity contribution in [2.45, 2.75) is 13.8 Å². The predicted molar refractivity (Wildman–Crippen MR) is 40.6 cm³/mol. The van der Waals surface area contributed by atoms with Crippen LogP contribution in [0.25, 0.3) is 0 Å². The second-order valence-corrected chi connectivity index (χ2v) is 2.45. The minimum Gasteiger partial charge on any atom is -0.0666 e. The maximum absolute atomic E-state index is 12.0. The van der Waals surface area contributed by atoms with E-state index in [1.54, 1.807) is 13.0 Å². The summed E-state index contributed by atoms with van der Waals surface area (Å²) in [6.07, 6.45) is 0. The first-order chi connectivity index (χ1) is 5.13. The molecule has 0 unspecified atom stereocenters. The van der Waals surface area contributed by atoms with E-state index in [1.807, 2.05) is 13.0 Å². The van der Waals surface area contributed by atoms with Gasteiger partial charge in [-0.3, -0.25) is 0 Å². The van der Waals surface area contributed by atoms with E-state index in [9.17, 15) is 8.96 Å². The summed E-state index contributed by atoms with van der Waals surface area (Å²) >= 11 is 0. The van der Waals surface area contributed by atoms with Crippen LogP contribution < -0.4 is 5.34 Å². The quantitative estimate of drug-likeness (QED) is 0.566. The molecule has 0 spiro atoms. The molecule has 1 rings (SSSR count). The van der Waals surface area contributed by atoms with Gasteiger partial charge in [0.1, 0.15) is 5.69 Å². The summed E-state index contributed by atoms with van der Waals surface area (Å²) in [5.41, 5.74) is 1.48. The summed E-state index contributed by atoms with van der Waals surface area (Å²) < 4.78 is 24.1. The number of aryl methyl sites for hydroxylation is 1. The number of rotatable bonds is 1. The fourth-order valence-corrected chi connectivity index (χ4v) is 0.919. The number of hydrogen-bond donors (Lipinski definition) is 0. The molecular formula is C8H9F2N. The zero-order valence-electron chi connectivity index (χ0n) is 6.44. The smallest absolute Gasteiger partial charge is 0.0666 e. The van der Waals surface area contributed by atoms with Crippen LogP contribution >= 0.6 is 0 Å². The molecule has 11 heavy (non-hydrogen) atoms. The molecule has 0 aliphatic heterocycles. The average molecular weight is 157 g/mol. The van der Waals surface area contributed by atoms with Crippen molar-refractivity contribution in [3.63, 3.8) is 0 Å². The highest BCUT2D eigenvalue weighted by Crippen LogP contribution is 2.22. The lowest BCUT2D eigenvalue weighted by atomic mass is 10.1. The van der Waals surface area contributed by atoms with Crippen molar-refractivity contribution in [1.82, 2.24) is 0 Å². The van der Waals surface area contributed by atoms with Gasteiger partial charge in [-0.05, 0) is 36.4 Å². The molecule has 0 bridgehead atoms. The van der Waals surface area contributed by atoms with Gasteiger partial charge in [0.15, 0.2) is 0 Å². The van der Waals surface area contributed by atoms with Crippen LogP contribution in [-0.4, -0.2) is 0 Å². The highest BCUT2D eigenvalue weighted by molar-refractivity contribution is 5.52. The van der Waals surface area contributed by atoms with Gasteiger partial charge in [0.05, 0.1) is 0 Å². The summed E-state index contributed by atoms with van der Waals surface area (Å²) in [7, 11) is 0. The lowest BCUT2D eigenvalue weighted by molar-refractivity contribution is 0.234. The molecular weight excluding hydrogens is 148 g/mol. The van der Waals surface area contributed by atoms with E-state index in [1.165, 1.54) is 6.07 Å². The maximum Gasteiger partial charge on any atom is 0.108 e. The minimum atomic E-state index is -0.859. The zero-order valence-corrected chi connectivity index (χ0v) is 6.44. The Morgan fingerprint density at radius 1 is 1.18 bits per heavy atom. The molecule has 0 N–H and O–H groups in total. The van der Waals surface area contributed by atoms with E-state index in [4.69, 9.17) is 0 Å². The second-order valence-electron chi connectivity index (χ2n) is 2.45. The monoisotopic (exact) mass is 157 g/mol. The SMILES string of the molecule is Cc1cccc(N(F)F)c1C. The maximum atomic E-state index is 12.0. The van der Waals surface area contributed by atoms with Crippen molar-refractivity contribution < 1.29 is 8.96 Å². The molecule has 1 aromatic carbocycles. The van der Waals surface area contributed by atoms with E-state index in [2.05, 4.69) is 0 Å². The Kier molecular flexibility index (Phi) is 2.08. The van der Waals surface area contributed by atoms with Gasteiger partial charge in [0.25, 0.3) is 0 Å². The minimum absolute atomic E-state index is 0.0231. The van der Waals surface area contributed by atoms with Crippen LogP contribution in [0.2, 0.25) is 0 Å². The Hall–Kier alpha value is -1.12. The molecule has 0 radical (unpaired) electrons. The predicted octanol–water partition coefficient (Wildman–Crippen LogP) is 2.88. The highest BCUT2D eigenvalue weighted by Gasteiger charge is 2.06. The van der Waals surface area contributed by atoms with Gasteiger partial charge in [-0.15, -0.1) is 0 Å². The average Bonchev–Trinajstić information content (AvgIpc) is 1.94. The van der Waals surface area contributed by atoms with Gasteiger partial charge in [-0.25, -0.2) is 0 Å². The first kappa shape index (κ1) is 7.98. The Balaban J connectivity index is 3.17. The third-order valence-corrected chi connectivity index (χ3v) is 1.76. The van der Waals surface area contributed by atoms with Crippen LogP contribution in [0, 0.1) is 13.8 Å². The van der Waals surface area contributed by atoms with E-state index < -0.39 is 5.34 Å². The normalized spacial score (nSPS) is 9.82. The molecule has 0 saturated heterocycles. The van der Waals surface area contributed by atoms with Crippen LogP contribution in [-0.2, 0) is 0 Å². The van der Waals surface area contributed by atoms with E-state index in [0.29, 0.717) is 5.56 Å². The summed E-state index contributed by atoms with van der Waals surface area (Å²) in [6, 6.07) is 4.81. The Morgan fingerprint density at radius 3 is 2.27 bits per heavy atom. The third kappa shape index (κ3) is 1.48. The fourth-order valence-electron chi connectivity index (χ4n) is 0.919. The van der Waals surface area contributed by atoms with Gasteiger partial charge in [0, 0.05) is 0 Å². The summed E-state index contributed by atoms with van der Waals surface area (Å²) in [6.45, 7) is 3.49.